The third-order valence-corrected chi connectivity index (χ3v) is 2.25. The summed E-state index contributed by atoms with van der Waals surface area (Å²) in [5.74, 6) is 0.980. The molecule has 2 heteroatoms. The molecule has 0 aromatic heterocycles. The molecule has 0 rings (SSSR count). The van der Waals surface area contributed by atoms with Gasteiger partial charge in [0, 0.05) is 0 Å². The molecule has 1 unspecified atom stereocenters. The average molecular weight is 230 g/mol. The zero-order valence-corrected chi connectivity index (χ0v) is 10.3. The van der Waals surface area contributed by atoms with Gasteiger partial charge < -0.3 is 17.0 Å². The van der Waals surface area contributed by atoms with Crippen molar-refractivity contribution in [2.45, 2.75) is 31.7 Å². The van der Waals surface area contributed by atoms with E-state index in [2.05, 4.69) is 13.8 Å². The Labute approximate surface area is 72.9 Å². The Morgan fingerprint density at radius 2 is 2.00 bits per heavy atom. The molecule has 0 nitrogen and oxygen atoms in total. The first kappa shape index (κ1) is 11.8. The van der Waals surface area contributed by atoms with Crippen molar-refractivity contribution in [3.05, 3.63) is 0 Å². The van der Waals surface area contributed by atoms with Crippen LogP contribution in [0.5, 0.6) is 0 Å². The third-order valence-electron chi connectivity index (χ3n) is 1.39. The number of hydrogen-bond acceptors (Lipinski definition) is 0. The predicted octanol–water partition coefficient (Wildman–Crippen LogP) is -0.608. The van der Waals surface area contributed by atoms with Gasteiger partial charge in [0.25, 0.3) is 0 Å². The molecule has 0 bridgehead atoms. The first-order chi connectivity index (χ1) is 3.31. The molecule has 0 saturated heterocycles. The van der Waals surface area contributed by atoms with E-state index in [9.17, 15) is 0 Å². The molecule has 8 heavy (non-hydrogen) atoms. The van der Waals surface area contributed by atoms with Gasteiger partial charge in [0.2, 0.25) is 0 Å². The van der Waals surface area contributed by atoms with Gasteiger partial charge in [-0.3, -0.25) is 0 Å². The van der Waals surface area contributed by atoms with Crippen LogP contribution in [0.4, 0.5) is 0 Å². The molecule has 0 spiro atoms. The van der Waals surface area contributed by atoms with Gasteiger partial charge in [-0.15, -0.1) is 0 Å². The molecular formula is C6H13BrZn. The van der Waals surface area contributed by atoms with Crippen LogP contribution < -0.4 is 17.0 Å². The second-order valence-corrected chi connectivity index (χ2v) is 3.64. The predicted molar refractivity (Wildman–Crippen MR) is 28.9 cm³/mol. The number of rotatable bonds is 3. The van der Waals surface area contributed by atoms with Gasteiger partial charge in [0.1, 0.15) is 0 Å². The molecule has 0 aromatic rings. The van der Waals surface area contributed by atoms with Crippen LogP contribution in [-0.2, 0) is 18.3 Å². The van der Waals surface area contributed by atoms with Gasteiger partial charge in [0.05, 0.1) is 0 Å². The van der Waals surface area contributed by atoms with Crippen LogP contribution >= 0.6 is 0 Å². The number of halogens is 1. The Kier molecular flexibility index (Phi) is 12.0. The maximum atomic E-state index is 2.33. The monoisotopic (exact) mass is 228 g/mol. The van der Waals surface area contributed by atoms with Gasteiger partial charge in [-0.2, -0.15) is 0 Å². The second-order valence-electron chi connectivity index (χ2n) is 2.16. The summed E-state index contributed by atoms with van der Waals surface area (Å²) >= 11 is 1.48. The largest absolute Gasteiger partial charge is 1.00 e. The van der Waals surface area contributed by atoms with Crippen LogP contribution in [-0.4, -0.2) is 0 Å². The summed E-state index contributed by atoms with van der Waals surface area (Å²) in [5.41, 5.74) is 0. The summed E-state index contributed by atoms with van der Waals surface area (Å²) < 4.78 is 0. The molecule has 0 aliphatic rings. The second kappa shape index (κ2) is 8.10. The fourth-order valence-electron chi connectivity index (χ4n) is 0.553. The third kappa shape index (κ3) is 7.10. The zero-order valence-electron chi connectivity index (χ0n) is 5.78. The van der Waals surface area contributed by atoms with Crippen LogP contribution in [0, 0.1) is 5.92 Å². The van der Waals surface area contributed by atoms with Crippen LogP contribution in [0.3, 0.4) is 0 Å². The first-order valence-electron chi connectivity index (χ1n) is 3.10. The molecule has 1 atom stereocenters. The Hall–Kier alpha value is 1.10. The van der Waals surface area contributed by atoms with Crippen LogP contribution in [0.15, 0.2) is 0 Å². The van der Waals surface area contributed by atoms with Crippen molar-refractivity contribution in [2.75, 3.05) is 0 Å². The van der Waals surface area contributed by atoms with Crippen molar-refractivity contribution in [3.8, 4) is 0 Å². The van der Waals surface area contributed by atoms with Gasteiger partial charge in [0.15, 0.2) is 0 Å². The van der Waals surface area contributed by atoms with Crippen molar-refractivity contribution < 1.29 is 35.3 Å². The molecule has 0 aliphatic carbocycles. The molecule has 0 amide bonds. The van der Waals surface area contributed by atoms with Crippen molar-refractivity contribution in [1.82, 2.24) is 0 Å². The Morgan fingerprint density at radius 3 is 2.12 bits per heavy atom. The van der Waals surface area contributed by atoms with E-state index >= 15 is 0 Å². The topological polar surface area (TPSA) is 0 Å². The summed E-state index contributed by atoms with van der Waals surface area (Å²) in [6.07, 6.45) is 2.82. The summed E-state index contributed by atoms with van der Waals surface area (Å²) in [5, 5.41) is 1.47. The van der Waals surface area contributed by atoms with Crippen molar-refractivity contribution in [2.24, 2.45) is 5.92 Å². The van der Waals surface area contributed by atoms with Crippen molar-refractivity contribution >= 4 is 0 Å². The molecule has 0 radical (unpaired) electrons. The van der Waals surface area contributed by atoms with Crippen LogP contribution in [0.2, 0.25) is 5.02 Å². The van der Waals surface area contributed by atoms with E-state index in [-0.39, 0.29) is 17.0 Å². The standard InChI is InChI=1S/C6H13.BrH.Zn/c1-4-6(3)5-2;;/h6H,1,4-5H2,2-3H3;1H;/q;;+1/p-1. The van der Waals surface area contributed by atoms with E-state index in [1.807, 2.05) is 0 Å². The molecular weight excluding hydrogens is 217 g/mol. The van der Waals surface area contributed by atoms with E-state index in [0.29, 0.717) is 0 Å². The summed E-state index contributed by atoms with van der Waals surface area (Å²) in [7, 11) is 0. The minimum absolute atomic E-state index is 0. The fourth-order valence-corrected chi connectivity index (χ4v) is 2.01. The molecule has 0 aliphatic heterocycles. The summed E-state index contributed by atoms with van der Waals surface area (Å²) in [6, 6.07) is 0. The van der Waals surface area contributed by atoms with Crippen LogP contribution in [0.25, 0.3) is 0 Å². The Balaban J connectivity index is 0. The molecule has 46 valence electrons. The van der Waals surface area contributed by atoms with E-state index in [1.165, 1.54) is 36.2 Å². The maximum Gasteiger partial charge on any atom is -1.00 e. The van der Waals surface area contributed by atoms with Gasteiger partial charge in [-0.1, -0.05) is 0 Å². The molecule has 0 N–H and O–H groups in total. The normalized spacial score (nSPS) is 12.5. The quantitative estimate of drug-likeness (QED) is 0.568. The number of hydrogen-bond donors (Lipinski definition) is 0. The van der Waals surface area contributed by atoms with E-state index in [0.717, 1.165) is 5.92 Å². The van der Waals surface area contributed by atoms with Crippen molar-refractivity contribution in [1.29, 1.82) is 0 Å². The molecule has 0 aromatic carbocycles. The zero-order chi connectivity index (χ0) is 5.70. The summed E-state index contributed by atoms with van der Waals surface area (Å²) in [6.45, 7) is 4.59. The van der Waals surface area contributed by atoms with Crippen LogP contribution in [0.1, 0.15) is 26.7 Å². The van der Waals surface area contributed by atoms with Gasteiger partial charge >= 0.3 is 55.9 Å². The SMILES string of the molecule is CCC(C)C[CH2][Zn+].[Br-]. The Morgan fingerprint density at radius 1 is 1.50 bits per heavy atom. The summed E-state index contributed by atoms with van der Waals surface area (Å²) in [4.78, 5) is 0. The average Bonchev–Trinajstić information content (AvgIpc) is 1.68. The van der Waals surface area contributed by atoms with Crippen molar-refractivity contribution in [3.63, 3.8) is 0 Å². The van der Waals surface area contributed by atoms with E-state index in [4.69, 9.17) is 0 Å². The first-order valence-corrected chi connectivity index (χ1v) is 5.20. The molecule has 0 heterocycles. The Bertz CT molecular complexity index is 39.5. The van der Waals surface area contributed by atoms with Gasteiger partial charge in [-0.05, 0) is 0 Å². The minimum atomic E-state index is 0. The smallest absolute Gasteiger partial charge is 1.00 e. The fraction of sp³-hybridized carbons (Fsp3) is 1.00. The maximum absolute atomic E-state index is 2.33. The minimum Gasteiger partial charge on any atom is -1.00 e. The van der Waals surface area contributed by atoms with E-state index < -0.39 is 0 Å². The van der Waals surface area contributed by atoms with Gasteiger partial charge in [-0.25, -0.2) is 0 Å². The van der Waals surface area contributed by atoms with E-state index in [1.54, 1.807) is 0 Å². The molecule has 0 fully saturated rings. The molecule has 0 saturated carbocycles.